The Hall–Kier alpha value is -4.17. The van der Waals surface area contributed by atoms with Gasteiger partial charge >= 0.3 is 0 Å². The highest BCUT2D eigenvalue weighted by Crippen LogP contribution is 2.33. The first-order chi connectivity index (χ1) is 16.4. The average Bonchev–Trinajstić information content (AvgIpc) is 3.21. The normalized spacial score (nSPS) is 13.9. The molecular weight excluding hydrogens is 432 g/mol. The highest BCUT2D eigenvalue weighted by atomic mass is 16.5. The minimum Gasteiger partial charge on any atom is -0.378 e. The van der Waals surface area contributed by atoms with Crippen LogP contribution in [0.1, 0.15) is 27.6 Å². The monoisotopic (exact) mass is 456 g/mol. The molecule has 3 amide bonds. The largest absolute Gasteiger partial charge is 0.378 e. The zero-order valence-electron chi connectivity index (χ0n) is 18.7. The van der Waals surface area contributed by atoms with E-state index in [0.717, 1.165) is 27.4 Å². The van der Waals surface area contributed by atoms with E-state index in [4.69, 9.17) is 10.5 Å². The molecule has 1 fully saturated rings. The Morgan fingerprint density at radius 2 is 1.68 bits per heavy atom. The van der Waals surface area contributed by atoms with Gasteiger partial charge in [-0.15, -0.1) is 0 Å². The summed E-state index contributed by atoms with van der Waals surface area (Å²) in [5, 5.41) is 4.49. The second-order valence-electron chi connectivity index (χ2n) is 8.36. The van der Waals surface area contributed by atoms with Crippen LogP contribution in [-0.4, -0.2) is 53.9 Å². The molecule has 1 aliphatic heterocycles. The Kier molecular flexibility index (Phi) is 5.51. The van der Waals surface area contributed by atoms with Crippen molar-refractivity contribution in [3.63, 3.8) is 0 Å². The number of carbonyl (C=O) groups excluding carboxylic acids is 3. The third-order valence-electron chi connectivity index (χ3n) is 6.06. The standard InChI is InChI=1S/C26H24N4O4/c1-15(31)28-19-5-2-16(3-6-19)18-12-21-20-7-4-17(26(33)30-8-10-34-11-9-30)14-23(20)29-24(21)22(13-18)25(27)32/h2-7,12-14,29H,8-11H2,1H3,(H2,27,32)(H,28,31). The van der Waals surface area contributed by atoms with E-state index < -0.39 is 5.91 Å². The number of carbonyl (C=O) groups is 3. The fraction of sp³-hybridized carbons (Fsp3) is 0.192. The summed E-state index contributed by atoms with van der Waals surface area (Å²) in [6.07, 6.45) is 0. The summed E-state index contributed by atoms with van der Waals surface area (Å²) in [4.78, 5) is 41.6. The van der Waals surface area contributed by atoms with Crippen LogP contribution in [0.4, 0.5) is 5.69 Å². The molecule has 2 heterocycles. The second-order valence-corrected chi connectivity index (χ2v) is 8.36. The van der Waals surface area contributed by atoms with Crippen LogP contribution in [0.5, 0.6) is 0 Å². The highest BCUT2D eigenvalue weighted by molar-refractivity contribution is 6.17. The van der Waals surface area contributed by atoms with Crippen molar-refractivity contribution in [1.29, 1.82) is 0 Å². The number of nitrogens with two attached hydrogens (primary N) is 1. The zero-order valence-corrected chi connectivity index (χ0v) is 18.7. The van der Waals surface area contributed by atoms with Gasteiger partial charge in [0.05, 0.1) is 24.3 Å². The molecule has 0 spiro atoms. The van der Waals surface area contributed by atoms with Gasteiger partial charge < -0.3 is 25.7 Å². The molecule has 0 bridgehead atoms. The van der Waals surface area contributed by atoms with Crippen LogP contribution in [0, 0.1) is 0 Å². The van der Waals surface area contributed by atoms with E-state index in [1.165, 1.54) is 6.92 Å². The van der Waals surface area contributed by atoms with Crippen LogP contribution in [-0.2, 0) is 9.53 Å². The third kappa shape index (κ3) is 3.99. The van der Waals surface area contributed by atoms with E-state index in [1.807, 2.05) is 48.5 Å². The van der Waals surface area contributed by atoms with E-state index in [2.05, 4.69) is 10.3 Å². The smallest absolute Gasteiger partial charge is 0.254 e. The van der Waals surface area contributed by atoms with E-state index in [0.29, 0.717) is 48.6 Å². The van der Waals surface area contributed by atoms with Crippen molar-refractivity contribution in [2.24, 2.45) is 5.73 Å². The lowest BCUT2D eigenvalue weighted by molar-refractivity contribution is -0.114. The first-order valence-corrected chi connectivity index (χ1v) is 11.0. The number of hydrogen-bond acceptors (Lipinski definition) is 4. The van der Waals surface area contributed by atoms with E-state index >= 15 is 0 Å². The molecule has 34 heavy (non-hydrogen) atoms. The summed E-state index contributed by atoms with van der Waals surface area (Å²) >= 11 is 0. The van der Waals surface area contributed by atoms with Crippen LogP contribution in [0.3, 0.4) is 0 Å². The number of amides is 3. The molecule has 8 nitrogen and oxygen atoms in total. The molecule has 0 saturated carbocycles. The summed E-state index contributed by atoms with van der Waals surface area (Å²) in [6, 6.07) is 16.7. The van der Waals surface area contributed by atoms with Crippen LogP contribution < -0.4 is 11.1 Å². The van der Waals surface area contributed by atoms with E-state index in [9.17, 15) is 14.4 Å². The number of H-pyrrole nitrogens is 1. The second kappa shape index (κ2) is 8.64. The van der Waals surface area contributed by atoms with Crippen LogP contribution in [0.2, 0.25) is 0 Å². The first kappa shape index (κ1) is 21.7. The summed E-state index contributed by atoms with van der Waals surface area (Å²) in [6.45, 7) is 3.67. The molecule has 1 aromatic heterocycles. The summed E-state index contributed by atoms with van der Waals surface area (Å²) in [5.41, 5.74) is 10.5. The number of morpholine rings is 1. The summed E-state index contributed by atoms with van der Waals surface area (Å²) < 4.78 is 5.34. The minimum atomic E-state index is -0.544. The molecule has 3 aromatic carbocycles. The predicted octanol–water partition coefficient (Wildman–Crippen LogP) is 3.52. The Labute approximate surface area is 195 Å². The minimum absolute atomic E-state index is 0.0427. The number of primary amides is 1. The fourth-order valence-electron chi connectivity index (χ4n) is 4.40. The van der Waals surface area contributed by atoms with Gasteiger partial charge in [0, 0.05) is 47.6 Å². The van der Waals surface area contributed by atoms with Gasteiger partial charge in [0.15, 0.2) is 0 Å². The number of aromatic amines is 1. The quantitative estimate of drug-likeness (QED) is 0.435. The van der Waals surface area contributed by atoms with Crippen molar-refractivity contribution >= 4 is 45.2 Å². The Morgan fingerprint density at radius 3 is 2.35 bits per heavy atom. The molecule has 5 rings (SSSR count). The molecule has 1 aliphatic rings. The zero-order chi connectivity index (χ0) is 23.8. The van der Waals surface area contributed by atoms with Crippen molar-refractivity contribution < 1.29 is 19.1 Å². The number of fused-ring (bicyclic) bond motifs is 3. The maximum absolute atomic E-state index is 12.9. The van der Waals surface area contributed by atoms with Gasteiger partial charge in [0.25, 0.3) is 11.8 Å². The third-order valence-corrected chi connectivity index (χ3v) is 6.06. The van der Waals surface area contributed by atoms with Crippen molar-refractivity contribution in [3.05, 3.63) is 65.7 Å². The number of benzene rings is 3. The van der Waals surface area contributed by atoms with Gasteiger partial charge in [-0.1, -0.05) is 18.2 Å². The lowest BCUT2D eigenvalue weighted by atomic mass is 9.98. The van der Waals surface area contributed by atoms with Crippen LogP contribution >= 0.6 is 0 Å². The molecule has 0 unspecified atom stereocenters. The molecule has 0 aliphatic carbocycles. The predicted molar refractivity (Wildman–Crippen MR) is 131 cm³/mol. The van der Waals surface area contributed by atoms with Crippen molar-refractivity contribution in [2.45, 2.75) is 6.92 Å². The van der Waals surface area contributed by atoms with Crippen LogP contribution in [0.15, 0.2) is 54.6 Å². The topological polar surface area (TPSA) is 118 Å². The lowest BCUT2D eigenvalue weighted by Gasteiger charge is -2.26. The molecule has 4 aromatic rings. The molecule has 172 valence electrons. The number of aromatic nitrogens is 1. The van der Waals surface area contributed by atoms with Gasteiger partial charge in [-0.05, 0) is 47.5 Å². The first-order valence-electron chi connectivity index (χ1n) is 11.0. The fourth-order valence-corrected chi connectivity index (χ4v) is 4.40. The molecular formula is C26H24N4O4. The number of anilines is 1. The van der Waals surface area contributed by atoms with Crippen molar-refractivity contribution in [3.8, 4) is 11.1 Å². The Balaban J connectivity index is 1.58. The Bertz CT molecular complexity index is 1430. The van der Waals surface area contributed by atoms with Crippen molar-refractivity contribution in [1.82, 2.24) is 9.88 Å². The summed E-state index contributed by atoms with van der Waals surface area (Å²) in [5.74, 6) is -0.729. The van der Waals surface area contributed by atoms with Gasteiger partial charge in [-0.2, -0.15) is 0 Å². The maximum atomic E-state index is 12.9. The number of hydrogen-bond donors (Lipinski definition) is 3. The van der Waals surface area contributed by atoms with Crippen molar-refractivity contribution in [2.75, 3.05) is 31.6 Å². The van der Waals surface area contributed by atoms with Gasteiger partial charge in [0.2, 0.25) is 5.91 Å². The van der Waals surface area contributed by atoms with E-state index in [-0.39, 0.29) is 11.8 Å². The maximum Gasteiger partial charge on any atom is 0.254 e. The van der Waals surface area contributed by atoms with E-state index in [1.54, 1.807) is 11.0 Å². The average molecular weight is 457 g/mol. The van der Waals surface area contributed by atoms with Gasteiger partial charge in [-0.3, -0.25) is 14.4 Å². The molecule has 8 heteroatoms. The number of nitrogens with one attached hydrogen (secondary N) is 2. The van der Waals surface area contributed by atoms with Gasteiger partial charge in [-0.25, -0.2) is 0 Å². The summed E-state index contributed by atoms with van der Waals surface area (Å²) in [7, 11) is 0. The number of rotatable bonds is 4. The molecule has 4 N–H and O–H groups in total. The SMILES string of the molecule is CC(=O)Nc1ccc(-c2cc(C(N)=O)c3[nH]c4cc(C(=O)N5CCOCC5)ccc4c3c2)cc1. The van der Waals surface area contributed by atoms with Gasteiger partial charge in [0.1, 0.15) is 0 Å². The number of ether oxygens (including phenoxy) is 1. The highest BCUT2D eigenvalue weighted by Gasteiger charge is 2.20. The van der Waals surface area contributed by atoms with Crippen LogP contribution in [0.25, 0.3) is 32.9 Å². The number of nitrogens with zero attached hydrogens (tertiary/aromatic N) is 1. The lowest BCUT2D eigenvalue weighted by Crippen LogP contribution is -2.40. The molecule has 0 atom stereocenters. The molecule has 1 saturated heterocycles. The Morgan fingerprint density at radius 1 is 0.941 bits per heavy atom. The molecule has 0 radical (unpaired) electrons.